The number of nitrogens with zero attached hydrogens (tertiary/aromatic N) is 2. The Kier molecular flexibility index (Phi) is 2.82. The van der Waals surface area contributed by atoms with Gasteiger partial charge in [-0.05, 0) is 19.3 Å². The van der Waals surface area contributed by atoms with Crippen LogP contribution in [-0.4, -0.2) is 32.9 Å². The Morgan fingerprint density at radius 1 is 1.69 bits per heavy atom. The van der Waals surface area contributed by atoms with E-state index in [4.69, 9.17) is 5.73 Å². The lowest BCUT2D eigenvalue weighted by molar-refractivity contribution is 0.0865. The molecule has 2 rings (SSSR count). The first kappa shape index (κ1) is 10.9. The first-order valence-corrected chi connectivity index (χ1v) is 5.36. The summed E-state index contributed by atoms with van der Waals surface area (Å²) in [5, 5.41) is 16.3. The topological polar surface area (TPSA) is 93.2 Å². The molecule has 2 unspecified atom stereocenters. The van der Waals surface area contributed by atoms with E-state index in [9.17, 15) is 9.90 Å². The Hall–Kier alpha value is -1.56. The van der Waals surface area contributed by atoms with Gasteiger partial charge in [0.25, 0.3) is 5.91 Å². The van der Waals surface area contributed by atoms with Crippen LogP contribution in [0.2, 0.25) is 0 Å². The molecule has 2 atom stereocenters. The van der Waals surface area contributed by atoms with Crippen molar-refractivity contribution in [1.29, 1.82) is 0 Å². The second-order valence-electron chi connectivity index (χ2n) is 4.15. The number of hydrogen-bond donors (Lipinski definition) is 3. The SMILES string of the molecule is Cn1ncc(N)c1C(=O)NC1CCCC1O. The summed E-state index contributed by atoms with van der Waals surface area (Å²) in [5.74, 6) is -0.275. The molecule has 0 spiro atoms. The minimum Gasteiger partial charge on any atom is -0.396 e. The van der Waals surface area contributed by atoms with Gasteiger partial charge in [0.2, 0.25) is 0 Å². The van der Waals surface area contributed by atoms with E-state index in [0.29, 0.717) is 11.4 Å². The van der Waals surface area contributed by atoms with Gasteiger partial charge >= 0.3 is 0 Å². The fraction of sp³-hybridized carbons (Fsp3) is 0.600. The second kappa shape index (κ2) is 4.13. The number of hydrogen-bond acceptors (Lipinski definition) is 4. The van der Waals surface area contributed by atoms with Crippen molar-refractivity contribution in [1.82, 2.24) is 15.1 Å². The van der Waals surface area contributed by atoms with E-state index in [1.54, 1.807) is 7.05 Å². The van der Waals surface area contributed by atoms with Gasteiger partial charge in [-0.1, -0.05) is 0 Å². The van der Waals surface area contributed by atoms with Crippen molar-refractivity contribution in [2.45, 2.75) is 31.4 Å². The van der Waals surface area contributed by atoms with Crippen molar-refractivity contribution in [3.05, 3.63) is 11.9 Å². The van der Waals surface area contributed by atoms with Gasteiger partial charge in [-0.15, -0.1) is 0 Å². The zero-order chi connectivity index (χ0) is 11.7. The number of carbonyl (C=O) groups excluding carboxylic acids is 1. The summed E-state index contributed by atoms with van der Waals surface area (Å²) >= 11 is 0. The Bertz CT molecular complexity index is 382. The highest BCUT2D eigenvalue weighted by Crippen LogP contribution is 2.19. The maximum Gasteiger partial charge on any atom is 0.271 e. The number of nitrogens with two attached hydrogens (primary N) is 1. The Balaban J connectivity index is 2.08. The van der Waals surface area contributed by atoms with Crippen LogP contribution in [0.4, 0.5) is 5.69 Å². The molecule has 0 bridgehead atoms. The van der Waals surface area contributed by atoms with Gasteiger partial charge in [-0.2, -0.15) is 5.10 Å². The monoisotopic (exact) mass is 224 g/mol. The van der Waals surface area contributed by atoms with Gasteiger partial charge in [0.15, 0.2) is 0 Å². The van der Waals surface area contributed by atoms with Crippen molar-refractivity contribution in [2.24, 2.45) is 7.05 Å². The molecule has 1 aromatic heterocycles. The van der Waals surface area contributed by atoms with Crippen LogP contribution in [0.5, 0.6) is 0 Å². The van der Waals surface area contributed by atoms with Crippen LogP contribution in [0, 0.1) is 0 Å². The van der Waals surface area contributed by atoms with E-state index in [2.05, 4.69) is 10.4 Å². The zero-order valence-corrected chi connectivity index (χ0v) is 9.18. The van der Waals surface area contributed by atoms with Gasteiger partial charge in [-0.25, -0.2) is 0 Å². The molecule has 1 heterocycles. The van der Waals surface area contributed by atoms with Crippen molar-refractivity contribution >= 4 is 11.6 Å². The molecular weight excluding hydrogens is 208 g/mol. The van der Waals surface area contributed by atoms with Gasteiger partial charge in [0.05, 0.1) is 24.0 Å². The summed E-state index contributed by atoms with van der Waals surface area (Å²) in [7, 11) is 1.66. The number of amides is 1. The molecule has 16 heavy (non-hydrogen) atoms. The fourth-order valence-electron chi connectivity index (χ4n) is 2.08. The molecule has 6 heteroatoms. The van der Waals surface area contributed by atoms with E-state index in [0.717, 1.165) is 19.3 Å². The molecule has 4 N–H and O–H groups in total. The lowest BCUT2D eigenvalue weighted by atomic mass is 10.2. The zero-order valence-electron chi connectivity index (χ0n) is 9.18. The number of aliphatic hydroxyl groups is 1. The first-order chi connectivity index (χ1) is 7.59. The minimum absolute atomic E-state index is 0.165. The third kappa shape index (κ3) is 1.88. The lowest BCUT2D eigenvalue weighted by Crippen LogP contribution is -2.40. The molecule has 0 aromatic carbocycles. The minimum atomic E-state index is -0.446. The molecular formula is C10H16N4O2. The molecule has 88 valence electrons. The smallest absolute Gasteiger partial charge is 0.271 e. The summed E-state index contributed by atoms with van der Waals surface area (Å²) in [4.78, 5) is 11.9. The average molecular weight is 224 g/mol. The molecule has 1 amide bonds. The van der Waals surface area contributed by atoms with Crippen molar-refractivity contribution in [2.75, 3.05) is 5.73 Å². The molecule has 6 nitrogen and oxygen atoms in total. The molecule has 0 saturated heterocycles. The van der Waals surface area contributed by atoms with Gasteiger partial charge in [0, 0.05) is 7.05 Å². The van der Waals surface area contributed by atoms with E-state index in [1.807, 2.05) is 0 Å². The first-order valence-electron chi connectivity index (χ1n) is 5.36. The largest absolute Gasteiger partial charge is 0.396 e. The Labute approximate surface area is 93.4 Å². The van der Waals surface area contributed by atoms with Crippen LogP contribution >= 0.6 is 0 Å². The maximum atomic E-state index is 11.9. The molecule has 0 radical (unpaired) electrons. The number of anilines is 1. The Morgan fingerprint density at radius 2 is 2.44 bits per heavy atom. The third-order valence-corrected chi connectivity index (χ3v) is 2.98. The summed E-state index contributed by atoms with van der Waals surface area (Å²) in [6.07, 6.45) is 3.49. The Morgan fingerprint density at radius 3 is 2.94 bits per heavy atom. The number of aryl methyl sites for hydroxylation is 1. The maximum absolute atomic E-state index is 11.9. The van der Waals surface area contributed by atoms with Gasteiger partial charge in [0.1, 0.15) is 5.69 Å². The van der Waals surface area contributed by atoms with E-state index < -0.39 is 6.10 Å². The predicted molar refractivity (Wildman–Crippen MR) is 58.7 cm³/mol. The van der Waals surface area contributed by atoms with Crippen molar-refractivity contribution in [3.8, 4) is 0 Å². The number of aromatic nitrogens is 2. The van der Waals surface area contributed by atoms with E-state index in [1.165, 1.54) is 10.9 Å². The van der Waals surface area contributed by atoms with Crippen LogP contribution in [0.25, 0.3) is 0 Å². The van der Waals surface area contributed by atoms with Crippen LogP contribution in [-0.2, 0) is 7.05 Å². The normalized spacial score (nSPS) is 24.6. The van der Waals surface area contributed by atoms with E-state index >= 15 is 0 Å². The van der Waals surface area contributed by atoms with Gasteiger partial charge < -0.3 is 16.2 Å². The van der Waals surface area contributed by atoms with E-state index in [-0.39, 0.29) is 11.9 Å². The van der Waals surface area contributed by atoms with Crippen LogP contribution in [0.3, 0.4) is 0 Å². The highest BCUT2D eigenvalue weighted by Gasteiger charge is 2.28. The number of carbonyl (C=O) groups is 1. The van der Waals surface area contributed by atoms with Crippen LogP contribution in [0.15, 0.2) is 6.20 Å². The van der Waals surface area contributed by atoms with Crippen LogP contribution in [0.1, 0.15) is 29.8 Å². The number of nitrogen functional groups attached to an aromatic ring is 1. The molecule has 0 aliphatic heterocycles. The summed E-state index contributed by atoms with van der Waals surface area (Å²) in [6, 6.07) is -0.165. The van der Waals surface area contributed by atoms with Gasteiger partial charge in [-0.3, -0.25) is 9.48 Å². The highest BCUT2D eigenvalue weighted by atomic mass is 16.3. The molecule has 1 aromatic rings. The summed E-state index contributed by atoms with van der Waals surface area (Å²) in [6.45, 7) is 0. The van der Waals surface area contributed by atoms with Crippen LogP contribution < -0.4 is 11.1 Å². The molecule has 1 fully saturated rings. The number of aliphatic hydroxyl groups excluding tert-OH is 1. The summed E-state index contributed by atoms with van der Waals surface area (Å²) < 4.78 is 1.44. The third-order valence-electron chi connectivity index (χ3n) is 2.98. The quantitative estimate of drug-likeness (QED) is 0.640. The fourth-order valence-corrected chi connectivity index (χ4v) is 2.08. The lowest BCUT2D eigenvalue weighted by Gasteiger charge is -2.16. The number of rotatable bonds is 2. The highest BCUT2D eigenvalue weighted by molar-refractivity contribution is 5.97. The number of nitrogens with one attached hydrogen (secondary N) is 1. The standard InChI is InChI=1S/C10H16N4O2/c1-14-9(6(11)5-12-14)10(16)13-7-3-2-4-8(7)15/h5,7-8,15H,2-4,11H2,1H3,(H,13,16). The predicted octanol–water partition coefficient (Wildman–Crippen LogP) is -0.354. The second-order valence-corrected chi connectivity index (χ2v) is 4.15. The van der Waals surface area contributed by atoms with Crippen molar-refractivity contribution < 1.29 is 9.90 Å². The molecule has 1 aliphatic rings. The molecule has 1 aliphatic carbocycles. The molecule has 1 saturated carbocycles. The average Bonchev–Trinajstić information content (AvgIpc) is 2.75. The summed E-state index contributed by atoms with van der Waals surface area (Å²) in [5.41, 5.74) is 6.35. The van der Waals surface area contributed by atoms with Crippen molar-refractivity contribution in [3.63, 3.8) is 0 Å².